The molecule has 0 aliphatic carbocycles. The van der Waals surface area contributed by atoms with Gasteiger partial charge in [-0.25, -0.2) is 4.98 Å². The first-order valence-corrected chi connectivity index (χ1v) is 7.94. The number of halogens is 2. The van der Waals surface area contributed by atoms with Crippen LogP contribution in [0.3, 0.4) is 0 Å². The normalized spacial score (nSPS) is 10.4. The highest BCUT2D eigenvalue weighted by molar-refractivity contribution is 9.10. The number of amides is 1. The van der Waals surface area contributed by atoms with E-state index < -0.39 is 0 Å². The highest BCUT2D eigenvalue weighted by Gasteiger charge is 2.09. The molecular weight excluding hydrogens is 352 g/mol. The van der Waals surface area contributed by atoms with Gasteiger partial charge in [-0.1, -0.05) is 53.0 Å². The SMILES string of the molecule is CCCc1cc(C(=O)NCc2ccc(Br)cc2)cc(Cl)n1. The number of aryl methyl sites for hydroxylation is 1. The second-order valence-corrected chi connectivity index (χ2v) is 6.03. The van der Waals surface area contributed by atoms with Crippen LogP contribution in [-0.2, 0) is 13.0 Å². The lowest BCUT2D eigenvalue weighted by atomic mass is 10.1. The van der Waals surface area contributed by atoms with E-state index in [-0.39, 0.29) is 5.91 Å². The number of aromatic nitrogens is 1. The van der Waals surface area contributed by atoms with Crippen LogP contribution in [-0.4, -0.2) is 10.9 Å². The fourth-order valence-corrected chi connectivity index (χ4v) is 2.44. The molecule has 2 rings (SSSR count). The lowest BCUT2D eigenvalue weighted by Gasteiger charge is -2.07. The van der Waals surface area contributed by atoms with Crippen molar-refractivity contribution in [3.63, 3.8) is 0 Å². The van der Waals surface area contributed by atoms with Crippen LogP contribution in [0.1, 0.15) is 35.0 Å². The summed E-state index contributed by atoms with van der Waals surface area (Å²) in [4.78, 5) is 16.4. The first-order chi connectivity index (χ1) is 10.1. The molecule has 1 aromatic heterocycles. The second-order valence-electron chi connectivity index (χ2n) is 4.73. The van der Waals surface area contributed by atoms with Crippen molar-refractivity contribution in [1.29, 1.82) is 0 Å². The topological polar surface area (TPSA) is 42.0 Å². The van der Waals surface area contributed by atoms with Crippen LogP contribution >= 0.6 is 27.5 Å². The van der Waals surface area contributed by atoms with Gasteiger partial charge in [0.25, 0.3) is 5.91 Å². The zero-order valence-electron chi connectivity index (χ0n) is 11.7. The molecule has 5 heteroatoms. The van der Waals surface area contributed by atoms with E-state index in [1.54, 1.807) is 12.1 Å². The Kier molecular flexibility index (Phi) is 5.76. The van der Waals surface area contributed by atoms with Crippen molar-refractivity contribution in [3.05, 3.63) is 62.8 Å². The Morgan fingerprint density at radius 1 is 1.29 bits per heavy atom. The summed E-state index contributed by atoms with van der Waals surface area (Å²) in [6.07, 6.45) is 1.78. The summed E-state index contributed by atoms with van der Waals surface area (Å²) in [6.45, 7) is 2.55. The lowest BCUT2D eigenvalue weighted by Crippen LogP contribution is -2.23. The first kappa shape index (κ1) is 16.0. The van der Waals surface area contributed by atoms with Gasteiger partial charge in [0, 0.05) is 22.3 Å². The van der Waals surface area contributed by atoms with Gasteiger partial charge in [-0.15, -0.1) is 0 Å². The smallest absolute Gasteiger partial charge is 0.251 e. The second kappa shape index (κ2) is 7.57. The Balaban J connectivity index is 2.04. The fourth-order valence-electron chi connectivity index (χ4n) is 1.95. The molecule has 1 amide bonds. The first-order valence-electron chi connectivity index (χ1n) is 6.77. The Morgan fingerprint density at radius 2 is 2.00 bits per heavy atom. The predicted molar refractivity (Wildman–Crippen MR) is 88.6 cm³/mol. The molecule has 0 saturated heterocycles. The number of rotatable bonds is 5. The average molecular weight is 368 g/mol. The van der Waals surface area contributed by atoms with Crippen LogP contribution in [0, 0.1) is 0 Å². The fraction of sp³-hybridized carbons (Fsp3) is 0.250. The molecule has 1 N–H and O–H groups in total. The molecule has 0 unspecified atom stereocenters. The molecule has 3 nitrogen and oxygen atoms in total. The monoisotopic (exact) mass is 366 g/mol. The molecular formula is C16H16BrClN2O. The minimum absolute atomic E-state index is 0.139. The van der Waals surface area contributed by atoms with E-state index in [1.165, 1.54) is 0 Å². The molecule has 0 atom stereocenters. The third kappa shape index (κ3) is 4.83. The number of nitrogens with zero attached hydrogens (tertiary/aromatic N) is 1. The van der Waals surface area contributed by atoms with Gasteiger partial charge in [0.15, 0.2) is 0 Å². The average Bonchev–Trinajstić information content (AvgIpc) is 2.46. The molecule has 0 radical (unpaired) electrons. The maximum atomic E-state index is 12.2. The summed E-state index contributed by atoms with van der Waals surface area (Å²) in [7, 11) is 0. The van der Waals surface area contributed by atoms with Gasteiger partial charge < -0.3 is 5.32 Å². The minimum atomic E-state index is -0.139. The number of pyridine rings is 1. The molecule has 0 fully saturated rings. The van der Waals surface area contributed by atoms with Crippen molar-refractivity contribution in [3.8, 4) is 0 Å². The molecule has 0 aliphatic rings. The van der Waals surface area contributed by atoms with Crippen LogP contribution in [0.4, 0.5) is 0 Å². The van der Waals surface area contributed by atoms with E-state index in [0.717, 1.165) is 28.6 Å². The van der Waals surface area contributed by atoms with Gasteiger partial charge in [-0.2, -0.15) is 0 Å². The van der Waals surface area contributed by atoms with Crippen molar-refractivity contribution in [2.24, 2.45) is 0 Å². The molecule has 1 heterocycles. The number of benzene rings is 1. The van der Waals surface area contributed by atoms with Crippen LogP contribution in [0.25, 0.3) is 0 Å². The summed E-state index contributed by atoms with van der Waals surface area (Å²) in [6, 6.07) is 11.2. The maximum absolute atomic E-state index is 12.2. The Labute approximate surface area is 137 Å². The van der Waals surface area contributed by atoms with Crippen molar-refractivity contribution in [2.75, 3.05) is 0 Å². The predicted octanol–water partition coefficient (Wildman–Crippen LogP) is 4.38. The maximum Gasteiger partial charge on any atom is 0.251 e. The number of hydrogen-bond donors (Lipinski definition) is 1. The zero-order valence-corrected chi connectivity index (χ0v) is 14.0. The number of hydrogen-bond acceptors (Lipinski definition) is 2. The minimum Gasteiger partial charge on any atom is -0.348 e. The van der Waals surface area contributed by atoms with Crippen molar-refractivity contribution >= 4 is 33.4 Å². The third-order valence-electron chi connectivity index (χ3n) is 2.98. The van der Waals surface area contributed by atoms with Gasteiger partial charge in [-0.05, 0) is 36.2 Å². The summed E-state index contributed by atoms with van der Waals surface area (Å²) >= 11 is 9.35. The van der Waals surface area contributed by atoms with E-state index in [0.29, 0.717) is 17.3 Å². The molecule has 21 heavy (non-hydrogen) atoms. The van der Waals surface area contributed by atoms with Crippen LogP contribution < -0.4 is 5.32 Å². The number of nitrogens with one attached hydrogen (secondary N) is 1. The van der Waals surface area contributed by atoms with Gasteiger partial charge >= 0.3 is 0 Å². The molecule has 0 saturated carbocycles. The molecule has 0 aliphatic heterocycles. The van der Waals surface area contributed by atoms with Crippen LogP contribution in [0.5, 0.6) is 0 Å². The van der Waals surface area contributed by atoms with Gasteiger partial charge in [0.2, 0.25) is 0 Å². The van der Waals surface area contributed by atoms with E-state index in [1.807, 2.05) is 24.3 Å². The summed E-state index contributed by atoms with van der Waals surface area (Å²) in [5.41, 5.74) is 2.44. The van der Waals surface area contributed by atoms with E-state index in [9.17, 15) is 4.79 Å². The lowest BCUT2D eigenvalue weighted by molar-refractivity contribution is 0.0950. The highest BCUT2D eigenvalue weighted by Crippen LogP contribution is 2.13. The van der Waals surface area contributed by atoms with E-state index in [4.69, 9.17) is 11.6 Å². The van der Waals surface area contributed by atoms with Gasteiger partial charge in [0.1, 0.15) is 5.15 Å². The van der Waals surface area contributed by atoms with Gasteiger partial charge in [0.05, 0.1) is 0 Å². The Morgan fingerprint density at radius 3 is 2.67 bits per heavy atom. The summed E-state index contributed by atoms with van der Waals surface area (Å²) in [5.74, 6) is -0.139. The standard InChI is InChI=1S/C16H16BrClN2O/c1-2-3-14-8-12(9-15(18)20-14)16(21)19-10-11-4-6-13(17)7-5-11/h4-9H,2-3,10H2,1H3,(H,19,21). The van der Waals surface area contributed by atoms with Crippen LogP contribution in [0.15, 0.2) is 40.9 Å². The zero-order chi connectivity index (χ0) is 15.2. The Bertz CT molecular complexity index is 629. The number of carbonyl (C=O) groups excluding carboxylic acids is 1. The Hall–Kier alpha value is -1.39. The van der Waals surface area contributed by atoms with Gasteiger partial charge in [-0.3, -0.25) is 4.79 Å². The highest BCUT2D eigenvalue weighted by atomic mass is 79.9. The van der Waals surface area contributed by atoms with E-state index in [2.05, 4.69) is 33.2 Å². The largest absolute Gasteiger partial charge is 0.348 e. The van der Waals surface area contributed by atoms with Crippen molar-refractivity contribution in [2.45, 2.75) is 26.3 Å². The quantitative estimate of drug-likeness (QED) is 0.797. The molecule has 0 spiro atoms. The third-order valence-corrected chi connectivity index (χ3v) is 3.70. The molecule has 1 aromatic carbocycles. The van der Waals surface area contributed by atoms with Crippen LogP contribution in [0.2, 0.25) is 5.15 Å². The molecule has 2 aromatic rings. The summed E-state index contributed by atoms with van der Waals surface area (Å²) < 4.78 is 1.02. The summed E-state index contributed by atoms with van der Waals surface area (Å²) in [5, 5.41) is 3.25. The van der Waals surface area contributed by atoms with Crippen molar-refractivity contribution < 1.29 is 4.79 Å². The molecule has 0 bridgehead atoms. The van der Waals surface area contributed by atoms with E-state index >= 15 is 0 Å². The molecule has 110 valence electrons. The number of carbonyl (C=O) groups is 1. The van der Waals surface area contributed by atoms with Crippen molar-refractivity contribution in [1.82, 2.24) is 10.3 Å².